The number of carbonyl (C=O) groups is 4. The Morgan fingerprint density at radius 3 is 1.96 bits per heavy atom. The first-order chi connectivity index (χ1) is 20.8. The van der Waals surface area contributed by atoms with Crippen LogP contribution in [0.3, 0.4) is 0 Å². The van der Waals surface area contributed by atoms with Crippen LogP contribution in [0.5, 0.6) is 0 Å². The van der Waals surface area contributed by atoms with Crippen LogP contribution in [0.15, 0.2) is 12.2 Å². The Morgan fingerprint density at radius 2 is 1.56 bits per heavy atom. The van der Waals surface area contributed by atoms with Crippen LogP contribution in [0.4, 0.5) is 0 Å². The summed E-state index contributed by atoms with van der Waals surface area (Å²) in [4.78, 5) is 53.5. The van der Waals surface area contributed by atoms with E-state index in [1.54, 1.807) is 19.1 Å². The Labute approximate surface area is 274 Å². The first kappa shape index (κ1) is 42.5. The third-order valence-electron chi connectivity index (χ3n) is 9.43. The van der Waals surface area contributed by atoms with Crippen LogP contribution in [0.2, 0.25) is 0 Å². The van der Waals surface area contributed by atoms with E-state index in [1.165, 1.54) is 0 Å². The van der Waals surface area contributed by atoms with Crippen LogP contribution in [0.25, 0.3) is 0 Å². The van der Waals surface area contributed by atoms with Crippen molar-refractivity contribution in [3.63, 3.8) is 0 Å². The molecule has 10 heteroatoms. The van der Waals surface area contributed by atoms with Gasteiger partial charge in [-0.2, -0.15) is 0 Å². The van der Waals surface area contributed by atoms with Crippen molar-refractivity contribution in [1.82, 2.24) is 15.1 Å². The average Bonchev–Trinajstić information content (AvgIpc) is 3.45. The fourth-order valence-electron chi connectivity index (χ4n) is 5.62. The fraction of sp³-hybridized carbons (Fsp3) is 0.829. The first-order valence-corrected chi connectivity index (χ1v) is 16.7. The minimum absolute atomic E-state index is 0.00926. The van der Waals surface area contributed by atoms with Gasteiger partial charge in [-0.15, -0.1) is 0 Å². The lowest BCUT2D eigenvalue weighted by Gasteiger charge is -2.39. The zero-order valence-corrected chi connectivity index (χ0v) is 30.6. The van der Waals surface area contributed by atoms with Gasteiger partial charge in [0.15, 0.2) is 0 Å². The van der Waals surface area contributed by atoms with Gasteiger partial charge in [-0.25, -0.2) is 0 Å². The molecular formula is C35H66N4O6. The molecule has 45 heavy (non-hydrogen) atoms. The number of nitrogens with zero attached hydrogens (tertiary/aromatic N) is 2. The van der Waals surface area contributed by atoms with Gasteiger partial charge in [-0.05, 0) is 44.4 Å². The average molecular weight is 639 g/mol. The summed E-state index contributed by atoms with van der Waals surface area (Å²) in [5, 5.41) is 2.99. The maximum absolute atomic E-state index is 13.7. The molecule has 1 saturated heterocycles. The highest BCUT2D eigenvalue weighted by atomic mass is 16.5. The number of primary amides is 1. The monoisotopic (exact) mass is 638 g/mol. The van der Waals surface area contributed by atoms with E-state index < -0.39 is 18.1 Å². The van der Waals surface area contributed by atoms with Crippen molar-refractivity contribution in [2.45, 2.75) is 132 Å². The van der Waals surface area contributed by atoms with Crippen molar-refractivity contribution in [1.29, 1.82) is 0 Å². The standard InChI is InChI=1S/C29H53N3O5.C6H13NO/c1-12-20(6)27(31(9)25(33)16-18(2)3)24(36-10)17-26(34)32-15-13-14-23(32)28(37-11)21(7)29(35)30-22(8)19(4)5;1-4(2)5(3)6(7)8/h18,20-24,27-28H,4,12-17H2,1-3,5-11H3,(H,30,35);4-5H,1-3H3,(H2,7,8)/t20-,21+,22-,23-,24+,27-,28+;5-/m00/s1. The van der Waals surface area contributed by atoms with E-state index in [9.17, 15) is 19.2 Å². The molecule has 0 bridgehead atoms. The quantitative estimate of drug-likeness (QED) is 0.220. The summed E-state index contributed by atoms with van der Waals surface area (Å²) in [6.45, 7) is 24.2. The Morgan fingerprint density at radius 1 is 0.978 bits per heavy atom. The van der Waals surface area contributed by atoms with Gasteiger partial charge in [0.2, 0.25) is 23.6 Å². The van der Waals surface area contributed by atoms with Crippen molar-refractivity contribution in [2.24, 2.45) is 35.3 Å². The van der Waals surface area contributed by atoms with E-state index in [2.05, 4.69) is 25.7 Å². The van der Waals surface area contributed by atoms with Gasteiger partial charge in [0, 0.05) is 46.2 Å². The summed E-state index contributed by atoms with van der Waals surface area (Å²) in [7, 11) is 5.04. The van der Waals surface area contributed by atoms with Crippen LogP contribution in [-0.4, -0.2) is 91.6 Å². The highest BCUT2D eigenvalue weighted by molar-refractivity contribution is 5.81. The molecule has 0 aromatic carbocycles. The normalized spacial score (nSPS) is 19.4. The number of likely N-dealkylation sites (tertiary alicyclic amines) is 1. The molecule has 0 saturated carbocycles. The van der Waals surface area contributed by atoms with Crippen molar-refractivity contribution < 1.29 is 28.7 Å². The zero-order chi connectivity index (χ0) is 35.2. The van der Waals surface area contributed by atoms with Gasteiger partial charge >= 0.3 is 0 Å². The van der Waals surface area contributed by atoms with E-state index in [1.807, 2.05) is 67.3 Å². The molecule has 10 nitrogen and oxygen atoms in total. The molecule has 8 atom stereocenters. The summed E-state index contributed by atoms with van der Waals surface area (Å²) >= 11 is 0. The lowest BCUT2D eigenvalue weighted by Crippen LogP contribution is -2.53. The Kier molecular flexibility index (Phi) is 19.5. The molecule has 0 aliphatic carbocycles. The fourth-order valence-corrected chi connectivity index (χ4v) is 5.62. The van der Waals surface area contributed by atoms with Crippen LogP contribution in [0, 0.1) is 29.6 Å². The largest absolute Gasteiger partial charge is 0.379 e. The third-order valence-corrected chi connectivity index (χ3v) is 9.43. The maximum atomic E-state index is 13.7. The Balaban J connectivity index is 0.00000212. The maximum Gasteiger partial charge on any atom is 0.225 e. The number of amides is 4. The van der Waals surface area contributed by atoms with E-state index in [-0.39, 0.29) is 65.9 Å². The van der Waals surface area contributed by atoms with E-state index in [4.69, 9.17) is 15.2 Å². The molecule has 1 heterocycles. The summed E-state index contributed by atoms with van der Waals surface area (Å²) in [6.07, 6.45) is 2.27. The predicted molar refractivity (Wildman–Crippen MR) is 181 cm³/mol. The summed E-state index contributed by atoms with van der Waals surface area (Å²) in [6, 6.07) is -0.542. The minimum atomic E-state index is -0.434. The molecule has 0 radical (unpaired) electrons. The molecular weight excluding hydrogens is 572 g/mol. The number of rotatable bonds is 17. The number of methoxy groups -OCH3 is 2. The molecule has 1 rings (SSSR count). The molecule has 4 amide bonds. The van der Waals surface area contributed by atoms with Crippen LogP contribution in [0.1, 0.15) is 101 Å². The number of hydrogen-bond acceptors (Lipinski definition) is 6. The van der Waals surface area contributed by atoms with Gasteiger partial charge in [0.1, 0.15) is 0 Å². The summed E-state index contributed by atoms with van der Waals surface area (Å²) < 4.78 is 11.7. The number of likely N-dealkylation sites (N-methyl/N-ethyl adjacent to an activating group) is 1. The summed E-state index contributed by atoms with van der Waals surface area (Å²) in [5.74, 6) is 0.0783. The molecule has 0 spiro atoms. The van der Waals surface area contributed by atoms with Gasteiger partial charge in [-0.3, -0.25) is 19.2 Å². The molecule has 1 aliphatic rings. The van der Waals surface area contributed by atoms with Gasteiger partial charge in [0.25, 0.3) is 0 Å². The highest BCUT2D eigenvalue weighted by Crippen LogP contribution is 2.29. The second kappa shape index (κ2) is 20.6. The second-order valence-corrected chi connectivity index (χ2v) is 13.8. The molecule has 0 aromatic heterocycles. The number of nitrogens with two attached hydrogens (primary N) is 1. The summed E-state index contributed by atoms with van der Waals surface area (Å²) in [5.41, 5.74) is 5.88. The number of ether oxygens (including phenoxy) is 2. The molecule has 0 aromatic rings. The second-order valence-electron chi connectivity index (χ2n) is 13.8. The van der Waals surface area contributed by atoms with Crippen molar-refractivity contribution in [3.05, 3.63) is 12.2 Å². The number of nitrogens with one attached hydrogen (secondary N) is 1. The van der Waals surface area contributed by atoms with E-state index >= 15 is 0 Å². The molecule has 262 valence electrons. The van der Waals surface area contributed by atoms with Crippen molar-refractivity contribution in [3.8, 4) is 0 Å². The van der Waals surface area contributed by atoms with Crippen molar-refractivity contribution in [2.75, 3.05) is 27.8 Å². The molecule has 1 fully saturated rings. The van der Waals surface area contributed by atoms with Crippen molar-refractivity contribution >= 4 is 23.6 Å². The van der Waals surface area contributed by atoms with E-state index in [0.29, 0.717) is 18.9 Å². The number of hydrogen-bond donors (Lipinski definition) is 2. The van der Waals surface area contributed by atoms with Crippen LogP contribution >= 0.6 is 0 Å². The Hall–Kier alpha value is -2.46. The smallest absolute Gasteiger partial charge is 0.225 e. The van der Waals surface area contributed by atoms with Gasteiger partial charge in [-0.1, -0.05) is 74.0 Å². The van der Waals surface area contributed by atoms with Crippen LogP contribution < -0.4 is 11.1 Å². The lowest BCUT2D eigenvalue weighted by atomic mass is 9.90. The highest BCUT2D eigenvalue weighted by Gasteiger charge is 2.42. The number of carbonyl (C=O) groups excluding carboxylic acids is 4. The predicted octanol–water partition coefficient (Wildman–Crippen LogP) is 4.80. The molecule has 3 N–H and O–H groups in total. The van der Waals surface area contributed by atoms with Crippen LogP contribution in [-0.2, 0) is 28.7 Å². The lowest BCUT2D eigenvalue weighted by molar-refractivity contribution is -0.146. The molecule has 1 aliphatic heterocycles. The zero-order valence-electron chi connectivity index (χ0n) is 30.6. The van der Waals surface area contributed by atoms with E-state index in [0.717, 1.165) is 24.8 Å². The molecule has 0 unspecified atom stereocenters. The SMILES string of the molecule is C=C(C)[C@H](C)NC(=O)[C@H](C)[C@@H](OC)[C@@H]1CCCN1C(=O)C[C@@H](OC)[C@H]([C@@H](C)CC)N(C)C(=O)CC(C)C.CC(C)[C@H](C)C(N)=O. The third kappa shape index (κ3) is 13.4. The first-order valence-electron chi connectivity index (χ1n) is 16.7. The minimum Gasteiger partial charge on any atom is -0.379 e. The Bertz CT molecular complexity index is 954. The van der Waals surface area contributed by atoms with Gasteiger partial charge < -0.3 is 30.3 Å². The topological polar surface area (TPSA) is 131 Å². The van der Waals surface area contributed by atoms with Gasteiger partial charge in [0.05, 0.1) is 36.6 Å².